The van der Waals surface area contributed by atoms with Crippen LogP contribution in [0.4, 0.5) is 5.82 Å². The Morgan fingerprint density at radius 3 is 2.89 bits per heavy atom. The number of hydrogen-bond acceptors (Lipinski definition) is 2. The first-order valence-electron chi connectivity index (χ1n) is 6.26. The molecule has 0 spiro atoms. The van der Waals surface area contributed by atoms with Gasteiger partial charge in [-0.25, -0.2) is 4.98 Å². The number of benzene rings is 1. The van der Waals surface area contributed by atoms with Gasteiger partial charge in [-0.1, -0.05) is 34.0 Å². The first-order chi connectivity index (χ1) is 9.20. The van der Waals surface area contributed by atoms with Gasteiger partial charge in [0.1, 0.15) is 17.3 Å². The van der Waals surface area contributed by atoms with Crippen molar-refractivity contribution in [2.75, 3.05) is 5.73 Å². The molecule has 2 N–H and O–H groups in total. The van der Waals surface area contributed by atoms with Crippen molar-refractivity contribution in [3.8, 4) is 23.6 Å². The fourth-order valence-corrected chi connectivity index (χ4v) is 2.64. The number of nitrogens with two attached hydrogens (primary N) is 1. The third-order valence-corrected chi connectivity index (χ3v) is 3.82. The molecule has 1 aliphatic rings. The smallest absolute Gasteiger partial charge is 0.132 e. The zero-order valence-electron chi connectivity index (χ0n) is 10.4. The third-order valence-electron chi connectivity index (χ3n) is 3.33. The highest BCUT2D eigenvalue weighted by Gasteiger charge is 2.30. The zero-order valence-corrected chi connectivity index (χ0v) is 12.0. The lowest BCUT2D eigenvalue weighted by atomic mass is 10.1. The van der Waals surface area contributed by atoms with Gasteiger partial charge in [0.2, 0.25) is 0 Å². The summed E-state index contributed by atoms with van der Waals surface area (Å²) in [5.74, 6) is 4.88. The summed E-state index contributed by atoms with van der Waals surface area (Å²) in [6.45, 7) is 0.485. The topological polar surface area (TPSA) is 43.8 Å². The van der Waals surface area contributed by atoms with Crippen LogP contribution in [0.2, 0.25) is 0 Å². The third kappa shape index (κ3) is 2.26. The van der Waals surface area contributed by atoms with Crippen LogP contribution in [0.3, 0.4) is 0 Å². The quantitative estimate of drug-likeness (QED) is 0.882. The van der Waals surface area contributed by atoms with Gasteiger partial charge in [0, 0.05) is 16.0 Å². The van der Waals surface area contributed by atoms with Gasteiger partial charge in [0.25, 0.3) is 0 Å². The summed E-state index contributed by atoms with van der Waals surface area (Å²) >= 11 is 3.47. The second-order valence-electron chi connectivity index (χ2n) is 4.78. The SMILES string of the molecule is C#CCn1c(C2CC2)nc(-c2cccc(Br)c2)c1N. The van der Waals surface area contributed by atoms with Crippen LogP contribution in [-0.4, -0.2) is 9.55 Å². The summed E-state index contributed by atoms with van der Waals surface area (Å²) in [6, 6.07) is 8.01. The Kier molecular flexibility index (Phi) is 3.08. The van der Waals surface area contributed by atoms with E-state index >= 15 is 0 Å². The molecule has 1 aromatic heterocycles. The molecule has 1 fully saturated rings. The van der Waals surface area contributed by atoms with E-state index in [4.69, 9.17) is 17.1 Å². The van der Waals surface area contributed by atoms with Crippen LogP contribution in [0.1, 0.15) is 24.6 Å². The maximum atomic E-state index is 6.23. The van der Waals surface area contributed by atoms with E-state index in [0.29, 0.717) is 18.3 Å². The largest absolute Gasteiger partial charge is 0.383 e. The minimum absolute atomic E-state index is 0.485. The highest BCUT2D eigenvalue weighted by atomic mass is 79.9. The van der Waals surface area contributed by atoms with Crippen LogP contribution in [0.15, 0.2) is 28.7 Å². The van der Waals surface area contributed by atoms with Crippen molar-refractivity contribution in [2.45, 2.75) is 25.3 Å². The average Bonchev–Trinajstić information content (AvgIpc) is 3.17. The monoisotopic (exact) mass is 315 g/mol. The van der Waals surface area contributed by atoms with Gasteiger partial charge in [0.15, 0.2) is 0 Å². The Balaban J connectivity index is 2.12. The zero-order chi connectivity index (χ0) is 13.4. The number of nitrogens with zero attached hydrogens (tertiary/aromatic N) is 2. The molecule has 96 valence electrons. The molecule has 0 unspecified atom stereocenters. The molecule has 3 rings (SSSR count). The predicted molar refractivity (Wildman–Crippen MR) is 80.6 cm³/mol. The lowest BCUT2D eigenvalue weighted by Crippen LogP contribution is -2.05. The van der Waals surface area contributed by atoms with E-state index in [2.05, 4.69) is 21.9 Å². The maximum Gasteiger partial charge on any atom is 0.132 e. The summed E-state index contributed by atoms with van der Waals surface area (Å²) < 4.78 is 2.98. The molecule has 0 atom stereocenters. The number of imidazole rings is 1. The second-order valence-corrected chi connectivity index (χ2v) is 5.69. The van der Waals surface area contributed by atoms with E-state index in [0.717, 1.165) is 21.6 Å². The average molecular weight is 316 g/mol. The standard InChI is InChI=1S/C15H14BrN3/c1-2-8-19-14(17)13(18-15(19)10-6-7-10)11-4-3-5-12(16)9-11/h1,3-5,9-10H,6-8,17H2. The van der Waals surface area contributed by atoms with E-state index < -0.39 is 0 Å². The second kappa shape index (κ2) is 4.75. The summed E-state index contributed by atoms with van der Waals surface area (Å²) in [6.07, 6.45) is 7.79. The van der Waals surface area contributed by atoms with E-state index in [-0.39, 0.29) is 0 Å². The summed E-state index contributed by atoms with van der Waals surface area (Å²) in [5, 5.41) is 0. The van der Waals surface area contributed by atoms with Crippen LogP contribution in [0.25, 0.3) is 11.3 Å². The molecular weight excluding hydrogens is 302 g/mol. The molecule has 1 aromatic carbocycles. The summed E-state index contributed by atoms with van der Waals surface area (Å²) in [5.41, 5.74) is 8.08. The molecule has 19 heavy (non-hydrogen) atoms. The Bertz CT molecular complexity index is 663. The van der Waals surface area contributed by atoms with Crippen molar-refractivity contribution in [3.63, 3.8) is 0 Å². The molecule has 4 heteroatoms. The molecule has 1 heterocycles. The molecule has 1 saturated carbocycles. The van der Waals surface area contributed by atoms with Crippen LogP contribution >= 0.6 is 15.9 Å². The lowest BCUT2D eigenvalue weighted by Gasteiger charge is -2.04. The number of aromatic nitrogens is 2. The Labute approximate surface area is 121 Å². The molecule has 0 bridgehead atoms. The minimum Gasteiger partial charge on any atom is -0.383 e. The molecule has 0 saturated heterocycles. The highest BCUT2D eigenvalue weighted by molar-refractivity contribution is 9.10. The first kappa shape index (κ1) is 12.3. The van der Waals surface area contributed by atoms with Crippen LogP contribution in [0, 0.1) is 12.3 Å². The molecule has 2 aromatic rings. The highest BCUT2D eigenvalue weighted by Crippen LogP contribution is 2.42. The normalized spacial score (nSPS) is 14.3. The number of anilines is 1. The molecular formula is C15H14BrN3. The van der Waals surface area contributed by atoms with E-state index in [1.54, 1.807) is 0 Å². The molecule has 0 aliphatic heterocycles. The summed E-state index contributed by atoms with van der Waals surface area (Å²) in [7, 11) is 0. The fraction of sp³-hybridized carbons (Fsp3) is 0.267. The van der Waals surface area contributed by atoms with Gasteiger partial charge in [-0.15, -0.1) is 6.42 Å². The van der Waals surface area contributed by atoms with Crippen molar-refractivity contribution in [1.29, 1.82) is 0 Å². The maximum absolute atomic E-state index is 6.23. The van der Waals surface area contributed by atoms with E-state index in [1.807, 2.05) is 28.8 Å². The van der Waals surface area contributed by atoms with Crippen molar-refractivity contribution < 1.29 is 0 Å². The van der Waals surface area contributed by atoms with Crippen molar-refractivity contribution in [1.82, 2.24) is 9.55 Å². The van der Waals surface area contributed by atoms with Gasteiger partial charge in [-0.2, -0.15) is 0 Å². The van der Waals surface area contributed by atoms with Crippen molar-refractivity contribution >= 4 is 21.7 Å². The Morgan fingerprint density at radius 2 is 2.26 bits per heavy atom. The molecule has 3 nitrogen and oxygen atoms in total. The van der Waals surface area contributed by atoms with Crippen LogP contribution in [0.5, 0.6) is 0 Å². The number of rotatable bonds is 3. The van der Waals surface area contributed by atoms with Crippen LogP contribution in [-0.2, 0) is 6.54 Å². The number of halogens is 1. The number of terminal acetylenes is 1. The molecule has 0 amide bonds. The predicted octanol–water partition coefficient (Wildman–Crippen LogP) is 3.41. The first-order valence-corrected chi connectivity index (χ1v) is 7.05. The van der Waals surface area contributed by atoms with Crippen molar-refractivity contribution in [2.24, 2.45) is 0 Å². The van der Waals surface area contributed by atoms with Gasteiger partial charge >= 0.3 is 0 Å². The number of hydrogen-bond donors (Lipinski definition) is 1. The van der Waals surface area contributed by atoms with E-state index in [1.165, 1.54) is 12.8 Å². The molecule has 1 aliphatic carbocycles. The summed E-state index contributed by atoms with van der Waals surface area (Å²) in [4.78, 5) is 4.72. The number of nitrogen functional groups attached to an aromatic ring is 1. The molecule has 0 radical (unpaired) electrons. The minimum atomic E-state index is 0.485. The van der Waals surface area contributed by atoms with Gasteiger partial charge in [-0.05, 0) is 25.0 Å². The Morgan fingerprint density at radius 1 is 1.47 bits per heavy atom. The fourth-order valence-electron chi connectivity index (χ4n) is 2.24. The van der Waals surface area contributed by atoms with Gasteiger partial charge in [-0.3, -0.25) is 0 Å². The Hall–Kier alpha value is -1.73. The van der Waals surface area contributed by atoms with Crippen molar-refractivity contribution in [3.05, 3.63) is 34.6 Å². The van der Waals surface area contributed by atoms with Gasteiger partial charge in [0.05, 0.1) is 6.54 Å². The van der Waals surface area contributed by atoms with E-state index in [9.17, 15) is 0 Å². The van der Waals surface area contributed by atoms with Crippen LogP contribution < -0.4 is 5.73 Å². The lowest BCUT2D eigenvalue weighted by molar-refractivity contribution is 0.762. The van der Waals surface area contributed by atoms with Gasteiger partial charge < -0.3 is 10.3 Å².